The van der Waals surface area contributed by atoms with Crippen molar-refractivity contribution in [3.05, 3.63) is 82.2 Å². The van der Waals surface area contributed by atoms with E-state index in [4.69, 9.17) is 16.4 Å². The molecule has 2 aromatic rings. The lowest BCUT2D eigenvalue weighted by Gasteiger charge is -2.32. The number of anilines is 2. The fraction of sp³-hybridized carbons (Fsp3) is 0.455. The SMILES string of the molecule is C=CCCC[N+](C)(OC)/C(Br)=C/C(Cl)CCCC(=O)N(C)CC(C)(C)NC(=O)c1ccc(F)c(F)c1Nc1ccc(C)cc1F. The summed E-state index contributed by atoms with van der Waals surface area (Å²) in [6.45, 7) is 9.73. The molecule has 0 saturated carbocycles. The molecular formula is C33H44BrClF3N4O3+. The molecule has 0 fully saturated rings. The van der Waals surface area contributed by atoms with Gasteiger partial charge in [0.25, 0.3) is 5.91 Å². The number of hydrogen-bond acceptors (Lipinski definition) is 4. The van der Waals surface area contributed by atoms with Crippen molar-refractivity contribution in [3.63, 3.8) is 0 Å². The van der Waals surface area contributed by atoms with Gasteiger partial charge in [0, 0.05) is 48.4 Å². The quantitative estimate of drug-likeness (QED) is 0.0434. The van der Waals surface area contributed by atoms with Crippen molar-refractivity contribution in [1.82, 2.24) is 10.2 Å². The minimum atomic E-state index is -1.31. The predicted molar refractivity (Wildman–Crippen MR) is 178 cm³/mol. The minimum Gasteiger partial charge on any atom is -0.350 e. The van der Waals surface area contributed by atoms with Crippen molar-refractivity contribution in [2.75, 3.05) is 39.6 Å². The number of aryl methyl sites for hydroxylation is 1. The number of hydrogen-bond donors (Lipinski definition) is 2. The highest BCUT2D eigenvalue weighted by atomic mass is 79.9. The van der Waals surface area contributed by atoms with Gasteiger partial charge in [-0.1, -0.05) is 12.1 Å². The van der Waals surface area contributed by atoms with Crippen LogP contribution in [0.2, 0.25) is 0 Å². The van der Waals surface area contributed by atoms with Crippen LogP contribution < -0.4 is 10.6 Å². The van der Waals surface area contributed by atoms with E-state index < -0.39 is 34.6 Å². The largest absolute Gasteiger partial charge is 0.350 e. The molecule has 2 amide bonds. The number of halogens is 5. The van der Waals surface area contributed by atoms with Gasteiger partial charge in [-0.15, -0.1) is 22.8 Å². The van der Waals surface area contributed by atoms with E-state index in [1.165, 1.54) is 17.0 Å². The molecule has 0 aliphatic carbocycles. The maximum absolute atomic E-state index is 14.8. The Kier molecular flexibility index (Phi) is 14.6. The lowest BCUT2D eigenvalue weighted by molar-refractivity contribution is -1.05. The van der Waals surface area contributed by atoms with E-state index in [9.17, 15) is 22.8 Å². The van der Waals surface area contributed by atoms with Gasteiger partial charge < -0.3 is 15.5 Å². The summed E-state index contributed by atoms with van der Waals surface area (Å²) in [5, 5.41) is 4.98. The van der Waals surface area contributed by atoms with Gasteiger partial charge in [0.2, 0.25) is 10.5 Å². The van der Waals surface area contributed by atoms with Crippen LogP contribution in [0, 0.1) is 24.4 Å². The molecule has 2 N–H and O–H groups in total. The second-order valence-corrected chi connectivity index (χ2v) is 13.2. The Morgan fingerprint density at radius 1 is 1.18 bits per heavy atom. The Morgan fingerprint density at radius 3 is 2.49 bits per heavy atom. The van der Waals surface area contributed by atoms with E-state index in [-0.39, 0.29) is 40.1 Å². The Balaban J connectivity index is 2.00. The number of nitrogens with zero attached hydrogens (tertiary/aromatic N) is 2. The Morgan fingerprint density at radius 2 is 1.87 bits per heavy atom. The summed E-state index contributed by atoms with van der Waals surface area (Å²) < 4.78 is 44.4. The fourth-order valence-corrected chi connectivity index (χ4v) is 5.73. The van der Waals surface area contributed by atoms with Crippen LogP contribution in [-0.2, 0) is 9.63 Å². The number of rotatable bonds is 17. The average molecular weight is 717 g/mol. The number of quaternary nitrogens is 1. The summed E-state index contributed by atoms with van der Waals surface area (Å²) in [6.07, 6.45) is 6.84. The first kappa shape index (κ1) is 38.3. The van der Waals surface area contributed by atoms with Crippen molar-refractivity contribution in [1.29, 1.82) is 0 Å². The molecule has 2 rings (SSSR count). The Bertz CT molecular complexity index is 1390. The first-order chi connectivity index (χ1) is 21.0. The first-order valence-electron chi connectivity index (χ1n) is 14.6. The van der Waals surface area contributed by atoms with Crippen LogP contribution in [0.4, 0.5) is 24.5 Å². The van der Waals surface area contributed by atoms with E-state index in [1.54, 1.807) is 41.0 Å². The zero-order valence-corrected chi connectivity index (χ0v) is 29.1. The van der Waals surface area contributed by atoms with E-state index in [1.807, 2.05) is 19.2 Å². The van der Waals surface area contributed by atoms with Gasteiger partial charge in [0.15, 0.2) is 11.6 Å². The van der Waals surface area contributed by atoms with Gasteiger partial charge in [0.05, 0.1) is 35.0 Å². The molecule has 2 aromatic carbocycles. The second-order valence-electron chi connectivity index (χ2n) is 11.8. The Labute approximate surface area is 278 Å². The number of carbonyl (C=O) groups excluding carboxylic acids is 2. The predicted octanol–water partition coefficient (Wildman–Crippen LogP) is 8.11. The van der Waals surface area contributed by atoms with Crippen LogP contribution in [0.25, 0.3) is 0 Å². The maximum atomic E-state index is 14.8. The molecule has 0 aliphatic rings. The van der Waals surface area contributed by atoms with Crippen molar-refractivity contribution >= 4 is 50.7 Å². The highest BCUT2D eigenvalue weighted by Crippen LogP contribution is 2.29. The monoisotopic (exact) mass is 715 g/mol. The normalized spacial score (nSPS) is 14.0. The molecule has 0 aliphatic heterocycles. The summed E-state index contributed by atoms with van der Waals surface area (Å²) in [6, 6.07) is 6.17. The number of allylic oxidation sites excluding steroid dienone is 2. The number of likely N-dealkylation sites (N-methyl/N-ethyl adjacent to an activating group) is 1. The first-order valence-corrected chi connectivity index (χ1v) is 15.9. The van der Waals surface area contributed by atoms with E-state index in [0.717, 1.165) is 36.1 Å². The lowest BCUT2D eigenvalue weighted by Crippen LogP contribution is -2.52. The van der Waals surface area contributed by atoms with Crippen molar-refractivity contribution < 1.29 is 32.2 Å². The third kappa shape index (κ3) is 11.5. The molecule has 2 atom stereocenters. The van der Waals surface area contributed by atoms with Gasteiger partial charge in [-0.2, -0.15) is 0 Å². The third-order valence-electron chi connectivity index (χ3n) is 7.27. The summed E-state index contributed by atoms with van der Waals surface area (Å²) >= 11 is 10.1. The summed E-state index contributed by atoms with van der Waals surface area (Å²) in [5.74, 6) is -4.05. The molecule has 248 valence electrons. The number of unbranched alkanes of at least 4 members (excludes halogenated alkanes) is 1. The minimum absolute atomic E-state index is 0.110. The van der Waals surface area contributed by atoms with Crippen molar-refractivity contribution in [3.8, 4) is 0 Å². The van der Waals surface area contributed by atoms with Crippen LogP contribution in [-0.4, -0.2) is 66.6 Å². The van der Waals surface area contributed by atoms with E-state index >= 15 is 0 Å². The highest BCUT2D eigenvalue weighted by molar-refractivity contribution is 9.11. The molecule has 0 spiro atoms. The number of nitrogens with one attached hydrogen (secondary N) is 2. The highest BCUT2D eigenvalue weighted by Gasteiger charge is 2.29. The lowest BCUT2D eigenvalue weighted by atomic mass is 10.0. The summed E-state index contributed by atoms with van der Waals surface area (Å²) in [4.78, 5) is 33.3. The zero-order valence-electron chi connectivity index (χ0n) is 26.8. The molecular weight excluding hydrogens is 673 g/mol. The molecule has 0 heterocycles. The van der Waals surface area contributed by atoms with E-state index in [0.29, 0.717) is 18.4 Å². The Hall–Kier alpha value is -2.86. The van der Waals surface area contributed by atoms with Gasteiger partial charge in [-0.05, 0) is 69.9 Å². The summed E-state index contributed by atoms with van der Waals surface area (Å²) in [7, 11) is 5.19. The van der Waals surface area contributed by atoms with Crippen molar-refractivity contribution in [2.24, 2.45) is 0 Å². The van der Waals surface area contributed by atoms with Gasteiger partial charge in [-0.25, -0.2) is 18.0 Å². The molecule has 45 heavy (non-hydrogen) atoms. The number of carbonyl (C=O) groups is 2. The van der Waals surface area contributed by atoms with Gasteiger partial charge >= 0.3 is 0 Å². The molecule has 12 heteroatoms. The van der Waals surface area contributed by atoms with Gasteiger partial charge in [0.1, 0.15) is 19.4 Å². The zero-order chi connectivity index (χ0) is 33.9. The van der Waals surface area contributed by atoms with Crippen LogP contribution in [0.5, 0.6) is 0 Å². The number of benzene rings is 2. The molecule has 0 radical (unpaired) electrons. The standard InChI is InChI=1S/C33H43BrClF3N4O3/c1-8-9-10-18-42(6,45-7)28(34)20-23(35)12-11-13-29(43)41(5)21-33(3,4)40-32(44)24-15-16-25(36)30(38)31(24)39-27-17-14-22(2)19-26(27)37/h8,14-17,19-20,23H,1,9-13,18,21H2,2-7H3,(H-,39,40,44)/p+1/b28-20+. The molecule has 7 nitrogen and oxygen atoms in total. The molecule has 0 saturated heterocycles. The number of alkyl halides is 1. The average Bonchev–Trinajstić information content (AvgIpc) is 2.96. The second kappa shape index (κ2) is 17.2. The summed E-state index contributed by atoms with van der Waals surface area (Å²) in [5.41, 5.74) is -1.13. The fourth-order valence-electron chi connectivity index (χ4n) is 4.67. The number of hydroxylamine groups is 3. The topological polar surface area (TPSA) is 70.7 Å². The van der Waals surface area contributed by atoms with Gasteiger partial charge in [-0.3, -0.25) is 9.59 Å². The maximum Gasteiger partial charge on any atom is 0.253 e. The van der Waals surface area contributed by atoms with Crippen molar-refractivity contribution in [2.45, 2.75) is 63.8 Å². The van der Waals surface area contributed by atoms with Crippen LogP contribution in [0.1, 0.15) is 61.9 Å². The smallest absolute Gasteiger partial charge is 0.253 e. The van der Waals surface area contributed by atoms with Crippen LogP contribution >= 0.6 is 27.5 Å². The molecule has 2 unspecified atom stereocenters. The molecule has 0 aromatic heterocycles. The van der Waals surface area contributed by atoms with Crippen LogP contribution in [0.3, 0.4) is 0 Å². The van der Waals surface area contributed by atoms with Crippen LogP contribution in [0.15, 0.2) is 53.7 Å². The van der Waals surface area contributed by atoms with E-state index in [2.05, 4.69) is 33.1 Å². The number of amides is 2. The third-order valence-corrected chi connectivity index (χ3v) is 8.63. The molecule has 0 bridgehead atoms.